The minimum atomic E-state index is -2.70. The second-order valence-corrected chi connectivity index (χ2v) is 14.5. The van der Waals surface area contributed by atoms with E-state index in [0.29, 0.717) is 67.7 Å². The van der Waals surface area contributed by atoms with Crippen molar-refractivity contribution < 1.29 is 32.6 Å². The van der Waals surface area contributed by atoms with Gasteiger partial charge in [-0.1, -0.05) is 18.2 Å². The second kappa shape index (κ2) is 15.8. The van der Waals surface area contributed by atoms with Crippen LogP contribution < -0.4 is 9.64 Å². The predicted molar refractivity (Wildman–Crippen MR) is 184 cm³/mol. The van der Waals surface area contributed by atoms with Crippen molar-refractivity contribution in [2.45, 2.75) is 83.5 Å². The monoisotopic (exact) mass is 687 g/mol. The van der Waals surface area contributed by atoms with Crippen molar-refractivity contribution in [3.63, 3.8) is 0 Å². The number of likely N-dealkylation sites (N-methyl/N-ethyl adjacent to an activating group) is 1. The van der Waals surface area contributed by atoms with E-state index in [4.69, 9.17) is 24.2 Å². The summed E-state index contributed by atoms with van der Waals surface area (Å²) in [6, 6.07) is 9.85. The van der Waals surface area contributed by atoms with Gasteiger partial charge >= 0.3 is 6.09 Å². The van der Waals surface area contributed by atoms with E-state index in [-0.39, 0.29) is 23.5 Å². The first-order valence-electron chi connectivity index (χ1n) is 16.7. The van der Waals surface area contributed by atoms with Crippen LogP contribution in [0.3, 0.4) is 0 Å². The highest BCUT2D eigenvalue weighted by Gasteiger charge is 2.33. The van der Waals surface area contributed by atoms with Crippen molar-refractivity contribution in [2.75, 3.05) is 50.3 Å². The number of hydrogen-bond donors (Lipinski definition) is 0. The molecule has 0 bridgehead atoms. The quantitative estimate of drug-likeness (QED) is 0.198. The number of alkyl halides is 2. The Morgan fingerprint density at radius 3 is 2.46 bits per heavy atom. The number of halogens is 2. The fourth-order valence-electron chi connectivity index (χ4n) is 6.38. The molecule has 1 aliphatic heterocycles. The highest BCUT2D eigenvalue weighted by Crippen LogP contribution is 2.34. The number of amides is 1. The number of para-hydroxylation sites is 1. The molecule has 1 saturated heterocycles. The first kappa shape index (κ1) is 35.8. The minimum absolute atomic E-state index is 0.0474. The highest BCUT2D eigenvalue weighted by molar-refractivity contribution is 7.98. The van der Waals surface area contributed by atoms with Crippen LogP contribution in [0.4, 0.5) is 19.5 Å². The Labute approximate surface area is 285 Å². The summed E-state index contributed by atoms with van der Waals surface area (Å²) in [7, 11) is 1.64. The van der Waals surface area contributed by atoms with Gasteiger partial charge in [0.25, 0.3) is 6.43 Å². The van der Waals surface area contributed by atoms with Gasteiger partial charge in [-0.2, -0.15) is 21.7 Å². The number of carbonyl (C=O) groups excluding carboxylic acids is 2. The van der Waals surface area contributed by atoms with E-state index in [0.717, 1.165) is 31.4 Å². The first-order valence-corrected chi connectivity index (χ1v) is 18.1. The van der Waals surface area contributed by atoms with Gasteiger partial charge in [-0.3, -0.25) is 9.36 Å². The predicted octanol–water partition coefficient (Wildman–Crippen LogP) is 7.08. The van der Waals surface area contributed by atoms with E-state index in [1.807, 2.05) is 50.1 Å². The maximum absolute atomic E-state index is 14.3. The molecule has 48 heavy (non-hydrogen) atoms. The SMILES string of the molecule is CSCC[C@@H](C(=O)CC1CCC(Oc2cc(-n3c(C(F)F)cc4ccccc43)nc(N3CCOCC3)n2)CC1)N(C)C(=O)OC(C)(C)C. The summed E-state index contributed by atoms with van der Waals surface area (Å²) < 4.78 is 47.6. The number of thioether (sulfide) groups is 1. The van der Waals surface area contributed by atoms with E-state index in [1.165, 1.54) is 15.5 Å². The summed E-state index contributed by atoms with van der Waals surface area (Å²) >= 11 is 1.64. The number of carbonyl (C=O) groups is 2. The zero-order chi connectivity index (χ0) is 34.4. The molecule has 2 fully saturated rings. The van der Waals surface area contributed by atoms with Crippen molar-refractivity contribution in [1.29, 1.82) is 0 Å². The number of ketones is 1. The molecule has 10 nitrogen and oxygen atoms in total. The third kappa shape index (κ3) is 8.96. The molecule has 1 aliphatic carbocycles. The molecule has 1 saturated carbocycles. The largest absolute Gasteiger partial charge is 0.474 e. The van der Waals surface area contributed by atoms with Gasteiger partial charge < -0.3 is 24.0 Å². The molecule has 1 atom stereocenters. The lowest BCUT2D eigenvalue weighted by Gasteiger charge is -2.32. The molecule has 13 heteroatoms. The first-order chi connectivity index (χ1) is 22.9. The van der Waals surface area contributed by atoms with Gasteiger partial charge in [0.05, 0.1) is 30.5 Å². The summed E-state index contributed by atoms with van der Waals surface area (Å²) in [6.07, 6.45) is 2.60. The number of aromatic nitrogens is 3. The molecule has 0 N–H and O–H groups in total. The number of anilines is 1. The molecule has 0 spiro atoms. The van der Waals surface area contributed by atoms with E-state index < -0.39 is 24.2 Å². The maximum atomic E-state index is 14.3. The Hall–Kier alpha value is -3.45. The molecular formula is C35H47F2N5O5S. The van der Waals surface area contributed by atoms with Crippen molar-refractivity contribution >= 4 is 40.5 Å². The maximum Gasteiger partial charge on any atom is 0.410 e. The average molecular weight is 688 g/mol. The summed E-state index contributed by atoms with van der Waals surface area (Å²) in [5, 5.41) is 0.697. The van der Waals surface area contributed by atoms with Gasteiger partial charge in [-0.15, -0.1) is 0 Å². The molecule has 1 aromatic carbocycles. The van der Waals surface area contributed by atoms with Crippen LogP contribution in [0.1, 0.15) is 71.4 Å². The highest BCUT2D eigenvalue weighted by atomic mass is 32.2. The Morgan fingerprint density at radius 1 is 1.08 bits per heavy atom. The van der Waals surface area contributed by atoms with E-state index in [9.17, 15) is 18.4 Å². The van der Waals surface area contributed by atoms with Crippen LogP contribution >= 0.6 is 11.8 Å². The Kier molecular flexibility index (Phi) is 11.8. The van der Waals surface area contributed by atoms with E-state index in [2.05, 4.69) is 0 Å². The molecule has 3 heterocycles. The van der Waals surface area contributed by atoms with E-state index in [1.54, 1.807) is 30.9 Å². The summed E-state index contributed by atoms with van der Waals surface area (Å²) in [5.41, 5.74) is -0.165. The lowest BCUT2D eigenvalue weighted by molar-refractivity contribution is -0.125. The molecular weight excluding hydrogens is 640 g/mol. The molecule has 2 aromatic heterocycles. The fourth-order valence-corrected chi connectivity index (χ4v) is 6.84. The third-order valence-corrected chi connectivity index (χ3v) is 9.49. The van der Waals surface area contributed by atoms with Crippen LogP contribution in [0.5, 0.6) is 5.88 Å². The van der Waals surface area contributed by atoms with E-state index >= 15 is 0 Å². The number of ether oxygens (including phenoxy) is 3. The molecule has 262 valence electrons. The van der Waals surface area contributed by atoms with Crippen molar-refractivity contribution in [3.05, 3.63) is 42.1 Å². The number of fused-ring (bicyclic) bond motifs is 1. The zero-order valence-electron chi connectivity index (χ0n) is 28.5. The van der Waals surface area contributed by atoms with Crippen LogP contribution in [-0.2, 0) is 14.3 Å². The van der Waals surface area contributed by atoms with Crippen LogP contribution in [0.15, 0.2) is 36.4 Å². The van der Waals surface area contributed by atoms with Crippen molar-refractivity contribution in [2.24, 2.45) is 5.92 Å². The number of morpholine rings is 1. The molecule has 2 aliphatic rings. The molecule has 5 rings (SSSR count). The smallest absolute Gasteiger partial charge is 0.410 e. The average Bonchev–Trinajstić information content (AvgIpc) is 3.45. The molecule has 1 amide bonds. The molecule has 3 aromatic rings. The second-order valence-electron chi connectivity index (χ2n) is 13.5. The van der Waals surface area contributed by atoms with Crippen molar-refractivity contribution in [1.82, 2.24) is 19.4 Å². The summed E-state index contributed by atoms with van der Waals surface area (Å²) in [6.45, 7) is 7.64. The van der Waals surface area contributed by atoms with Crippen LogP contribution in [0.25, 0.3) is 16.7 Å². The number of rotatable bonds is 12. The standard InChI is InChI=1S/C35H47F2N5O5S/c1-35(2,3)47-34(44)40(4)27(14-19-48-5)29(43)20-23-10-12-25(13-11-23)46-31-22-30(38-33(39-31)41-15-17-45-18-16-41)42-26-9-7-6-8-24(26)21-28(42)32(36)37/h6-9,21-23,25,27,32H,10-20H2,1-5H3/t23?,25?,27-/m0/s1. The van der Waals surface area contributed by atoms with Gasteiger partial charge in [0.2, 0.25) is 11.8 Å². The number of Topliss-reactive ketones (excluding diaryl/α,β-unsaturated/α-hetero) is 1. The fraction of sp³-hybridized carbons (Fsp3) is 0.600. The lowest BCUT2D eigenvalue weighted by Crippen LogP contribution is -2.45. The van der Waals surface area contributed by atoms with Crippen LogP contribution in [0, 0.1) is 5.92 Å². The van der Waals surface area contributed by atoms with Gasteiger partial charge in [-0.25, -0.2) is 13.6 Å². The Balaban J connectivity index is 1.30. The lowest BCUT2D eigenvalue weighted by atomic mass is 9.83. The van der Waals surface area contributed by atoms with Crippen molar-refractivity contribution in [3.8, 4) is 11.7 Å². The normalized spacial score (nSPS) is 19.4. The number of benzene rings is 1. The zero-order valence-corrected chi connectivity index (χ0v) is 29.3. The van der Waals surface area contributed by atoms with Gasteiger partial charge in [0, 0.05) is 38.0 Å². The van der Waals surface area contributed by atoms with Gasteiger partial charge in [-0.05, 0) is 82.9 Å². The molecule has 0 unspecified atom stereocenters. The summed E-state index contributed by atoms with van der Waals surface area (Å²) in [4.78, 5) is 39.2. The number of nitrogens with zero attached hydrogens (tertiary/aromatic N) is 5. The van der Waals surface area contributed by atoms with Gasteiger partial charge in [0.1, 0.15) is 17.5 Å². The van der Waals surface area contributed by atoms with Crippen LogP contribution in [-0.4, -0.2) is 94.4 Å². The van der Waals surface area contributed by atoms with Crippen LogP contribution in [0.2, 0.25) is 0 Å². The molecule has 0 radical (unpaired) electrons. The Morgan fingerprint density at radius 2 is 1.79 bits per heavy atom. The topological polar surface area (TPSA) is 99.0 Å². The number of hydrogen-bond acceptors (Lipinski definition) is 9. The van der Waals surface area contributed by atoms with Gasteiger partial charge in [0.15, 0.2) is 5.78 Å². The summed E-state index contributed by atoms with van der Waals surface area (Å²) in [5.74, 6) is 2.04. The third-order valence-electron chi connectivity index (χ3n) is 8.85. The minimum Gasteiger partial charge on any atom is -0.474 e. The Bertz CT molecular complexity index is 1550.